The number of aliphatic hydroxyl groups excluding tert-OH is 4. The summed E-state index contributed by atoms with van der Waals surface area (Å²) in [5.41, 5.74) is 1.28. The van der Waals surface area contributed by atoms with E-state index in [1.807, 2.05) is 26.8 Å². The topological polar surface area (TPSA) is 135 Å². The van der Waals surface area contributed by atoms with Crippen LogP contribution in [0.5, 0.6) is 0 Å². The lowest BCUT2D eigenvalue weighted by atomic mass is 10.0. The number of aliphatic hydroxyl groups is 4. The molecule has 0 aliphatic carbocycles. The van der Waals surface area contributed by atoms with Crippen molar-refractivity contribution in [1.29, 1.82) is 0 Å². The fourth-order valence-electron chi connectivity index (χ4n) is 4.10. The Labute approximate surface area is 176 Å². The number of esters is 1. The number of hydrogen-bond acceptors (Lipinski definition) is 9. The largest absolute Gasteiger partial charge is 0.460 e. The Hall–Kier alpha value is -1.75. The number of carbonyl (C=O) groups excluding carboxylic acids is 1. The second kappa shape index (κ2) is 9.17. The molecule has 30 heavy (non-hydrogen) atoms. The van der Waals surface area contributed by atoms with E-state index in [1.54, 1.807) is 12.1 Å². The summed E-state index contributed by atoms with van der Waals surface area (Å²) in [6, 6.07) is 4.79. The Morgan fingerprint density at radius 3 is 2.60 bits per heavy atom. The third kappa shape index (κ3) is 5.11. The molecular weight excluding hydrogens is 390 g/mol. The van der Waals surface area contributed by atoms with Gasteiger partial charge in [-0.2, -0.15) is 0 Å². The second-order valence-electron chi connectivity index (χ2n) is 8.89. The first-order valence-electron chi connectivity index (χ1n) is 10.4. The zero-order valence-electron chi connectivity index (χ0n) is 17.7. The van der Waals surface area contributed by atoms with Gasteiger partial charge in [0.1, 0.15) is 30.5 Å². The predicted molar refractivity (Wildman–Crippen MR) is 110 cm³/mol. The number of piperidine rings is 1. The van der Waals surface area contributed by atoms with Gasteiger partial charge < -0.3 is 30.5 Å². The fraction of sp³-hybridized carbons (Fsp3) is 0.667. The first-order valence-corrected chi connectivity index (χ1v) is 10.4. The maximum Gasteiger partial charge on any atom is 0.306 e. The molecule has 1 aromatic carbocycles. The van der Waals surface area contributed by atoms with E-state index in [-0.39, 0.29) is 12.4 Å². The molecule has 168 valence electrons. The van der Waals surface area contributed by atoms with Crippen LogP contribution in [-0.2, 0) is 9.53 Å². The molecule has 0 spiro atoms. The molecule has 1 aromatic rings. The lowest BCUT2D eigenvalue weighted by Crippen LogP contribution is -2.57. The minimum absolute atomic E-state index is 0.259. The summed E-state index contributed by atoms with van der Waals surface area (Å²) in [6.45, 7) is 5.98. The van der Waals surface area contributed by atoms with Crippen molar-refractivity contribution in [3.63, 3.8) is 0 Å². The molecule has 0 radical (unpaired) electrons. The SMILES string of the molecule is CC(C)(C)OC(=O)CCCNc1cccc2c1C(O)N(C1CCC(O)NC1O)C2O. The Morgan fingerprint density at radius 1 is 1.20 bits per heavy atom. The van der Waals surface area contributed by atoms with E-state index < -0.39 is 36.6 Å². The number of benzene rings is 1. The average molecular weight is 424 g/mol. The molecule has 0 bridgehead atoms. The number of ether oxygens (including phenoxy) is 1. The summed E-state index contributed by atoms with van der Waals surface area (Å²) < 4.78 is 5.30. The van der Waals surface area contributed by atoms with Gasteiger partial charge in [-0.15, -0.1) is 0 Å². The van der Waals surface area contributed by atoms with Crippen LogP contribution in [0.2, 0.25) is 0 Å². The van der Waals surface area contributed by atoms with Crippen molar-refractivity contribution in [2.24, 2.45) is 0 Å². The van der Waals surface area contributed by atoms with Crippen molar-refractivity contribution in [1.82, 2.24) is 10.2 Å². The summed E-state index contributed by atoms with van der Waals surface area (Å²) in [6.07, 6.45) is -2.39. The molecule has 9 heteroatoms. The molecular formula is C21H33N3O6. The summed E-state index contributed by atoms with van der Waals surface area (Å²) in [7, 11) is 0. The van der Waals surface area contributed by atoms with Crippen molar-refractivity contribution < 1.29 is 30.0 Å². The monoisotopic (exact) mass is 423 g/mol. The molecule has 0 amide bonds. The first-order chi connectivity index (χ1) is 14.1. The number of fused-ring (bicyclic) bond motifs is 1. The molecule has 0 saturated carbocycles. The number of anilines is 1. The van der Waals surface area contributed by atoms with Crippen LogP contribution in [0.15, 0.2) is 18.2 Å². The molecule has 2 aliphatic rings. The van der Waals surface area contributed by atoms with Gasteiger partial charge in [0.05, 0.1) is 6.04 Å². The van der Waals surface area contributed by atoms with Gasteiger partial charge in [-0.05, 0) is 46.1 Å². The van der Waals surface area contributed by atoms with Crippen LogP contribution < -0.4 is 10.6 Å². The van der Waals surface area contributed by atoms with Crippen LogP contribution in [0.1, 0.15) is 70.0 Å². The molecule has 5 unspecified atom stereocenters. The minimum Gasteiger partial charge on any atom is -0.460 e. The molecule has 3 rings (SSSR count). The quantitative estimate of drug-likeness (QED) is 0.291. The van der Waals surface area contributed by atoms with Crippen molar-refractivity contribution >= 4 is 11.7 Å². The zero-order chi connectivity index (χ0) is 22.1. The van der Waals surface area contributed by atoms with Crippen molar-refractivity contribution in [3.05, 3.63) is 29.3 Å². The van der Waals surface area contributed by atoms with Crippen molar-refractivity contribution in [2.75, 3.05) is 11.9 Å². The normalized spacial score (nSPS) is 29.5. The smallest absolute Gasteiger partial charge is 0.306 e. The maximum atomic E-state index is 11.8. The molecule has 2 aliphatic heterocycles. The van der Waals surface area contributed by atoms with E-state index in [2.05, 4.69) is 10.6 Å². The molecule has 1 saturated heterocycles. The maximum absolute atomic E-state index is 11.8. The summed E-state index contributed by atoms with van der Waals surface area (Å²) >= 11 is 0. The van der Waals surface area contributed by atoms with Crippen LogP contribution in [0.4, 0.5) is 5.69 Å². The third-order valence-electron chi connectivity index (χ3n) is 5.38. The second-order valence-corrected chi connectivity index (χ2v) is 8.89. The van der Waals surface area contributed by atoms with E-state index in [4.69, 9.17) is 4.74 Å². The summed E-state index contributed by atoms with van der Waals surface area (Å²) in [5.74, 6) is -0.259. The Kier molecular flexibility index (Phi) is 7.01. The molecule has 6 N–H and O–H groups in total. The molecule has 5 atom stereocenters. The Bertz CT molecular complexity index is 753. The lowest BCUT2D eigenvalue weighted by Gasteiger charge is -2.40. The lowest BCUT2D eigenvalue weighted by molar-refractivity contribution is -0.158. The standard InChI is InChI=1S/C21H33N3O6/c1-21(2,3)30-16(26)8-5-11-22-13-7-4-6-12-17(13)20(29)24(19(12)28)14-9-10-15(25)23-18(14)27/h4,6-7,14-15,18-20,22-23,25,27-29H,5,8-11H2,1-3H3. The van der Waals surface area contributed by atoms with Gasteiger partial charge in [-0.25, -0.2) is 4.90 Å². The average Bonchev–Trinajstić information content (AvgIpc) is 2.89. The predicted octanol–water partition coefficient (Wildman–Crippen LogP) is 0.907. The van der Waals surface area contributed by atoms with Gasteiger partial charge in [0.2, 0.25) is 0 Å². The van der Waals surface area contributed by atoms with Crippen LogP contribution in [0, 0.1) is 0 Å². The number of hydrogen-bond donors (Lipinski definition) is 6. The highest BCUT2D eigenvalue weighted by molar-refractivity contribution is 5.69. The molecule has 0 aromatic heterocycles. The summed E-state index contributed by atoms with van der Waals surface area (Å²) in [4.78, 5) is 13.3. The number of carbonyl (C=O) groups is 1. The highest BCUT2D eigenvalue weighted by Gasteiger charge is 2.45. The molecule has 1 fully saturated rings. The van der Waals surface area contributed by atoms with E-state index >= 15 is 0 Å². The van der Waals surface area contributed by atoms with Crippen LogP contribution >= 0.6 is 0 Å². The van der Waals surface area contributed by atoms with Crippen LogP contribution in [0.25, 0.3) is 0 Å². The highest BCUT2D eigenvalue weighted by Crippen LogP contribution is 2.45. The number of nitrogens with zero attached hydrogens (tertiary/aromatic N) is 1. The van der Waals surface area contributed by atoms with Crippen LogP contribution in [0.3, 0.4) is 0 Å². The van der Waals surface area contributed by atoms with Crippen molar-refractivity contribution in [2.45, 2.75) is 83.0 Å². The van der Waals surface area contributed by atoms with Crippen molar-refractivity contribution in [3.8, 4) is 0 Å². The summed E-state index contributed by atoms with van der Waals surface area (Å²) in [5, 5.41) is 47.6. The molecule has 9 nitrogen and oxygen atoms in total. The number of rotatable bonds is 6. The molecule has 2 heterocycles. The van der Waals surface area contributed by atoms with Gasteiger partial charge in [0, 0.05) is 29.8 Å². The fourth-order valence-corrected chi connectivity index (χ4v) is 4.10. The van der Waals surface area contributed by atoms with Gasteiger partial charge >= 0.3 is 5.97 Å². The van der Waals surface area contributed by atoms with Gasteiger partial charge in [-0.3, -0.25) is 10.1 Å². The van der Waals surface area contributed by atoms with Crippen LogP contribution in [-0.4, -0.2) is 61.9 Å². The van der Waals surface area contributed by atoms with E-state index in [1.165, 1.54) is 4.90 Å². The zero-order valence-corrected chi connectivity index (χ0v) is 17.7. The van der Waals surface area contributed by atoms with Gasteiger partial charge in [-0.1, -0.05) is 12.1 Å². The van der Waals surface area contributed by atoms with E-state index in [0.29, 0.717) is 42.6 Å². The highest BCUT2D eigenvalue weighted by atomic mass is 16.6. The first kappa shape index (κ1) is 22.9. The number of nitrogens with one attached hydrogen (secondary N) is 2. The van der Waals surface area contributed by atoms with E-state index in [9.17, 15) is 25.2 Å². The van der Waals surface area contributed by atoms with Gasteiger partial charge in [0.15, 0.2) is 0 Å². The van der Waals surface area contributed by atoms with E-state index in [0.717, 1.165) is 0 Å². The Morgan fingerprint density at radius 2 is 1.93 bits per heavy atom. The van der Waals surface area contributed by atoms with Gasteiger partial charge in [0.25, 0.3) is 0 Å². The minimum atomic E-state index is -1.11. The Balaban J connectivity index is 1.64. The third-order valence-corrected chi connectivity index (χ3v) is 5.38.